The van der Waals surface area contributed by atoms with Gasteiger partial charge in [-0.1, -0.05) is 37.8 Å². The van der Waals surface area contributed by atoms with Crippen molar-refractivity contribution in [3.8, 4) is 11.5 Å². The number of rotatable bonds is 4. The number of hydrogen-bond donors (Lipinski definition) is 1. The monoisotopic (exact) mass is 298 g/mol. The van der Waals surface area contributed by atoms with Gasteiger partial charge >= 0.3 is 0 Å². The zero-order valence-corrected chi connectivity index (χ0v) is 13.2. The predicted octanol–water partition coefficient (Wildman–Crippen LogP) is 4.36. The van der Waals surface area contributed by atoms with Crippen molar-refractivity contribution in [2.24, 2.45) is 5.41 Å². The Morgan fingerprint density at radius 2 is 1.80 bits per heavy atom. The van der Waals surface area contributed by atoms with E-state index >= 15 is 0 Å². The summed E-state index contributed by atoms with van der Waals surface area (Å²) in [6.07, 6.45) is 5.07. The minimum Gasteiger partial charge on any atom is -0.495 e. The van der Waals surface area contributed by atoms with Gasteiger partial charge in [-0.3, -0.25) is 0 Å². The zero-order valence-electron chi connectivity index (χ0n) is 12.4. The van der Waals surface area contributed by atoms with Crippen molar-refractivity contribution >= 4 is 11.6 Å². The third-order valence-corrected chi connectivity index (χ3v) is 4.82. The Labute approximate surface area is 125 Å². The summed E-state index contributed by atoms with van der Waals surface area (Å²) >= 11 is 6.28. The Morgan fingerprint density at radius 3 is 2.35 bits per heavy atom. The van der Waals surface area contributed by atoms with Gasteiger partial charge in [-0.05, 0) is 30.4 Å². The van der Waals surface area contributed by atoms with Gasteiger partial charge in [0.1, 0.15) is 16.5 Å². The van der Waals surface area contributed by atoms with E-state index in [1.54, 1.807) is 20.3 Å². The van der Waals surface area contributed by atoms with E-state index in [-0.39, 0.29) is 5.41 Å². The molecule has 20 heavy (non-hydrogen) atoms. The Morgan fingerprint density at radius 1 is 1.15 bits per heavy atom. The van der Waals surface area contributed by atoms with Gasteiger partial charge < -0.3 is 14.6 Å². The van der Waals surface area contributed by atoms with Gasteiger partial charge in [0, 0.05) is 5.56 Å². The molecule has 1 aliphatic rings. The van der Waals surface area contributed by atoms with Crippen LogP contribution in [0.3, 0.4) is 0 Å². The molecule has 0 radical (unpaired) electrons. The van der Waals surface area contributed by atoms with Crippen LogP contribution < -0.4 is 9.47 Å². The summed E-state index contributed by atoms with van der Waals surface area (Å²) in [7, 11) is 3.14. The van der Waals surface area contributed by atoms with E-state index in [1.807, 2.05) is 6.07 Å². The lowest BCUT2D eigenvalue weighted by molar-refractivity contribution is 0.00668. The minimum atomic E-state index is -0.568. The van der Waals surface area contributed by atoms with Crippen molar-refractivity contribution in [3.63, 3.8) is 0 Å². The Bertz CT molecular complexity index is 467. The van der Waals surface area contributed by atoms with Crippen molar-refractivity contribution in [2.45, 2.75) is 45.1 Å². The molecule has 1 aromatic rings. The number of ether oxygens (including phenoxy) is 2. The van der Waals surface area contributed by atoms with E-state index < -0.39 is 6.10 Å². The summed E-state index contributed by atoms with van der Waals surface area (Å²) in [4.78, 5) is 0. The average Bonchev–Trinajstić information content (AvgIpc) is 2.47. The maximum atomic E-state index is 10.8. The fraction of sp³-hybridized carbons (Fsp3) is 0.625. The molecule has 1 atom stereocenters. The van der Waals surface area contributed by atoms with Crippen molar-refractivity contribution < 1.29 is 14.6 Å². The van der Waals surface area contributed by atoms with Crippen molar-refractivity contribution in [1.29, 1.82) is 0 Å². The molecule has 3 nitrogen and oxygen atoms in total. The van der Waals surface area contributed by atoms with E-state index in [0.717, 1.165) is 18.4 Å². The van der Waals surface area contributed by atoms with Gasteiger partial charge in [0.15, 0.2) is 0 Å². The first-order chi connectivity index (χ1) is 9.53. The van der Waals surface area contributed by atoms with Crippen LogP contribution in [0, 0.1) is 5.41 Å². The number of benzene rings is 1. The van der Waals surface area contributed by atoms with E-state index in [0.29, 0.717) is 16.5 Å². The van der Waals surface area contributed by atoms with E-state index in [4.69, 9.17) is 21.1 Å². The molecule has 2 rings (SSSR count). The van der Waals surface area contributed by atoms with Gasteiger partial charge in [-0.25, -0.2) is 0 Å². The summed E-state index contributed by atoms with van der Waals surface area (Å²) in [6.45, 7) is 2.15. The lowest BCUT2D eigenvalue weighted by atomic mass is 9.70. The van der Waals surface area contributed by atoms with E-state index in [1.165, 1.54) is 19.3 Å². The Balaban J connectivity index is 2.38. The first-order valence-electron chi connectivity index (χ1n) is 7.12. The summed E-state index contributed by atoms with van der Waals surface area (Å²) in [5.41, 5.74) is 0.645. The Kier molecular flexibility index (Phi) is 4.82. The summed E-state index contributed by atoms with van der Waals surface area (Å²) in [5.74, 6) is 1.08. The van der Waals surface area contributed by atoms with Crippen LogP contribution in [0.15, 0.2) is 12.1 Å². The molecule has 1 N–H and O–H groups in total. The second-order valence-electron chi connectivity index (χ2n) is 5.82. The first-order valence-corrected chi connectivity index (χ1v) is 7.50. The highest BCUT2D eigenvalue weighted by atomic mass is 35.5. The Hall–Kier alpha value is -0.930. The molecule has 0 heterocycles. The molecule has 0 amide bonds. The van der Waals surface area contributed by atoms with E-state index in [2.05, 4.69) is 6.92 Å². The molecular weight excluding hydrogens is 276 g/mol. The average molecular weight is 299 g/mol. The van der Waals surface area contributed by atoms with E-state index in [9.17, 15) is 5.11 Å². The smallest absolute Gasteiger partial charge is 0.147 e. The van der Waals surface area contributed by atoms with Crippen LogP contribution >= 0.6 is 11.6 Å². The molecule has 112 valence electrons. The summed E-state index contributed by atoms with van der Waals surface area (Å²) in [6, 6.07) is 3.64. The van der Waals surface area contributed by atoms with Crippen LogP contribution in [0.4, 0.5) is 0 Å². The van der Waals surface area contributed by atoms with Gasteiger partial charge in [0.05, 0.1) is 20.3 Å². The molecule has 1 unspecified atom stereocenters. The molecule has 4 heteroatoms. The molecule has 0 aliphatic heterocycles. The number of aliphatic hydroxyl groups excluding tert-OH is 1. The molecule has 1 fully saturated rings. The highest BCUT2D eigenvalue weighted by Gasteiger charge is 2.37. The largest absolute Gasteiger partial charge is 0.495 e. The topological polar surface area (TPSA) is 38.7 Å². The van der Waals surface area contributed by atoms with Crippen LogP contribution in [-0.4, -0.2) is 19.3 Å². The third kappa shape index (κ3) is 2.75. The first kappa shape index (κ1) is 15.5. The fourth-order valence-corrected chi connectivity index (χ4v) is 3.47. The van der Waals surface area contributed by atoms with Crippen molar-refractivity contribution in [3.05, 3.63) is 22.7 Å². The highest BCUT2D eigenvalue weighted by Crippen LogP contribution is 2.49. The number of halogens is 1. The van der Waals surface area contributed by atoms with Gasteiger partial charge in [0.25, 0.3) is 0 Å². The third-order valence-electron chi connectivity index (χ3n) is 4.47. The summed E-state index contributed by atoms with van der Waals surface area (Å²) < 4.78 is 10.6. The maximum absolute atomic E-state index is 10.8. The van der Waals surface area contributed by atoms with Crippen molar-refractivity contribution in [1.82, 2.24) is 0 Å². The molecule has 0 bridgehead atoms. The normalized spacial score (nSPS) is 19.4. The zero-order chi connectivity index (χ0) is 14.8. The molecule has 0 aromatic heterocycles. The maximum Gasteiger partial charge on any atom is 0.147 e. The highest BCUT2D eigenvalue weighted by molar-refractivity contribution is 6.33. The van der Waals surface area contributed by atoms with Crippen LogP contribution in [0.25, 0.3) is 0 Å². The van der Waals surface area contributed by atoms with Crippen LogP contribution in [-0.2, 0) is 0 Å². The molecule has 1 aromatic carbocycles. The van der Waals surface area contributed by atoms with Crippen molar-refractivity contribution in [2.75, 3.05) is 14.2 Å². The lowest BCUT2D eigenvalue weighted by Crippen LogP contribution is -2.28. The quantitative estimate of drug-likeness (QED) is 0.897. The second kappa shape index (κ2) is 6.23. The number of hydrogen-bond acceptors (Lipinski definition) is 3. The molecule has 1 saturated carbocycles. The van der Waals surface area contributed by atoms with Crippen LogP contribution in [0.1, 0.15) is 50.7 Å². The molecular formula is C16H23ClO3. The summed E-state index contributed by atoms with van der Waals surface area (Å²) in [5, 5.41) is 11.2. The standard InChI is InChI=1S/C16H23ClO3/c1-16(9-5-4-6-10-16)15(18)11-7-8-12(19-2)13(17)14(11)20-3/h7-8,15,18H,4-6,9-10H2,1-3H3. The van der Waals surface area contributed by atoms with Gasteiger partial charge in [-0.2, -0.15) is 0 Å². The van der Waals surface area contributed by atoms with Gasteiger partial charge in [0.2, 0.25) is 0 Å². The van der Waals surface area contributed by atoms with Crippen LogP contribution in [0.2, 0.25) is 5.02 Å². The molecule has 0 saturated heterocycles. The lowest BCUT2D eigenvalue weighted by Gasteiger charge is -2.38. The second-order valence-corrected chi connectivity index (χ2v) is 6.20. The number of methoxy groups -OCH3 is 2. The van der Waals surface area contributed by atoms with Crippen LogP contribution in [0.5, 0.6) is 11.5 Å². The molecule has 0 spiro atoms. The fourth-order valence-electron chi connectivity index (χ4n) is 3.14. The number of aliphatic hydroxyl groups is 1. The van der Waals surface area contributed by atoms with Gasteiger partial charge in [-0.15, -0.1) is 0 Å². The molecule has 1 aliphatic carbocycles. The SMILES string of the molecule is COc1ccc(C(O)C2(C)CCCCC2)c(OC)c1Cl. The predicted molar refractivity (Wildman–Crippen MR) is 80.7 cm³/mol. The minimum absolute atomic E-state index is 0.108.